The summed E-state index contributed by atoms with van der Waals surface area (Å²) in [5.74, 6) is -0.306. The molecule has 3 aromatic carbocycles. The number of nitrogens with zero attached hydrogens (tertiary/aromatic N) is 5. The molecule has 0 N–H and O–H groups in total. The van der Waals surface area contributed by atoms with Gasteiger partial charge in [-0.2, -0.15) is 9.57 Å². The van der Waals surface area contributed by atoms with Gasteiger partial charge in [0.05, 0.1) is 40.8 Å². The summed E-state index contributed by atoms with van der Waals surface area (Å²) in [4.78, 5) is 4.16. The molecule has 1 aliphatic rings. The molecule has 1 unspecified atom stereocenters. The molecular formula is C28H28ClN5O4S2. The third-order valence-corrected chi connectivity index (χ3v) is 10.4. The van der Waals surface area contributed by atoms with Gasteiger partial charge >= 0.3 is 0 Å². The molecule has 12 heteroatoms. The van der Waals surface area contributed by atoms with Gasteiger partial charge in [-0.15, -0.1) is 12.4 Å². The Morgan fingerprint density at radius 3 is 2.30 bits per heavy atom. The van der Waals surface area contributed by atoms with Crippen LogP contribution in [0.25, 0.3) is 0 Å². The Labute approximate surface area is 240 Å². The van der Waals surface area contributed by atoms with Crippen molar-refractivity contribution < 1.29 is 16.8 Å². The van der Waals surface area contributed by atoms with Gasteiger partial charge in [-0.05, 0) is 47.9 Å². The number of rotatable bonds is 8. The van der Waals surface area contributed by atoms with Crippen LogP contribution in [0.15, 0.2) is 96.3 Å². The van der Waals surface area contributed by atoms with E-state index in [1.165, 1.54) is 33.3 Å². The molecule has 0 radical (unpaired) electrons. The van der Waals surface area contributed by atoms with Crippen molar-refractivity contribution in [3.63, 3.8) is 0 Å². The van der Waals surface area contributed by atoms with E-state index in [1.54, 1.807) is 48.0 Å². The topological polar surface area (TPSA) is 116 Å². The lowest BCUT2D eigenvalue weighted by Crippen LogP contribution is -2.52. The monoisotopic (exact) mass is 597 g/mol. The molecule has 208 valence electrons. The van der Waals surface area contributed by atoms with Gasteiger partial charge in [-0.3, -0.25) is 4.31 Å². The maximum atomic E-state index is 14.0. The van der Waals surface area contributed by atoms with E-state index in [0.29, 0.717) is 22.5 Å². The number of nitriles is 1. The van der Waals surface area contributed by atoms with E-state index in [2.05, 4.69) is 11.1 Å². The van der Waals surface area contributed by atoms with E-state index >= 15 is 0 Å². The molecular weight excluding hydrogens is 570 g/mol. The fraction of sp³-hybridized carbons (Fsp3) is 0.214. The molecule has 0 spiro atoms. The minimum atomic E-state index is -4.01. The molecule has 4 aromatic rings. The molecule has 0 bridgehead atoms. The summed E-state index contributed by atoms with van der Waals surface area (Å²) in [5.41, 5.74) is 2.70. The Balaban J connectivity index is 0.00000370. The SMILES string of the molecule is Cl.Cn1cncc1CS(=O)(=O)N1CC(N(Cc2ccccc2)S(=O)(=O)c2ccccc2)Cc2cc(C#N)ccc21. The number of hydrogen-bond donors (Lipinski definition) is 0. The van der Waals surface area contributed by atoms with E-state index in [0.717, 1.165) is 5.56 Å². The minimum Gasteiger partial charge on any atom is -0.337 e. The highest BCUT2D eigenvalue weighted by atomic mass is 35.5. The third-order valence-electron chi connectivity index (χ3n) is 6.83. The molecule has 0 saturated heterocycles. The number of aryl methyl sites for hydroxylation is 1. The largest absolute Gasteiger partial charge is 0.337 e. The van der Waals surface area contributed by atoms with Gasteiger partial charge in [-0.25, -0.2) is 21.8 Å². The number of benzene rings is 3. The Morgan fingerprint density at radius 2 is 1.68 bits per heavy atom. The van der Waals surface area contributed by atoms with E-state index in [9.17, 15) is 22.1 Å². The molecule has 1 aliphatic heterocycles. The van der Waals surface area contributed by atoms with Crippen LogP contribution in [-0.2, 0) is 45.8 Å². The van der Waals surface area contributed by atoms with Gasteiger partial charge in [0.1, 0.15) is 5.75 Å². The molecule has 0 amide bonds. The number of hydrogen-bond acceptors (Lipinski definition) is 6. The maximum absolute atomic E-state index is 14.0. The zero-order valence-corrected chi connectivity index (χ0v) is 24.1. The Hall–Kier alpha value is -3.69. The summed E-state index contributed by atoms with van der Waals surface area (Å²) in [6, 6.07) is 23.6. The second-order valence-corrected chi connectivity index (χ2v) is 13.2. The summed E-state index contributed by atoms with van der Waals surface area (Å²) >= 11 is 0. The second kappa shape index (κ2) is 11.8. The number of anilines is 1. The minimum absolute atomic E-state index is 0. The first-order chi connectivity index (χ1) is 18.7. The number of aromatic nitrogens is 2. The molecule has 1 aromatic heterocycles. The Morgan fingerprint density at radius 1 is 1.00 bits per heavy atom. The number of sulfonamides is 2. The van der Waals surface area contributed by atoms with Crippen LogP contribution in [0.2, 0.25) is 0 Å². The second-order valence-electron chi connectivity index (χ2n) is 9.45. The predicted molar refractivity (Wildman–Crippen MR) is 155 cm³/mol. The van der Waals surface area contributed by atoms with Crippen molar-refractivity contribution in [2.24, 2.45) is 7.05 Å². The van der Waals surface area contributed by atoms with Crippen molar-refractivity contribution >= 4 is 38.1 Å². The fourth-order valence-corrected chi connectivity index (χ4v) is 8.13. The lowest BCUT2D eigenvalue weighted by molar-refractivity contribution is 0.310. The van der Waals surface area contributed by atoms with E-state index in [1.807, 2.05) is 30.3 Å². The third kappa shape index (κ3) is 5.90. The van der Waals surface area contributed by atoms with Crippen LogP contribution in [0.5, 0.6) is 0 Å². The summed E-state index contributed by atoms with van der Waals surface area (Å²) in [6.07, 6.45) is 3.28. The van der Waals surface area contributed by atoms with Crippen molar-refractivity contribution in [1.82, 2.24) is 13.9 Å². The normalized spacial score (nSPS) is 15.2. The first-order valence-electron chi connectivity index (χ1n) is 12.3. The van der Waals surface area contributed by atoms with Crippen molar-refractivity contribution in [2.75, 3.05) is 10.8 Å². The van der Waals surface area contributed by atoms with E-state index < -0.39 is 26.1 Å². The predicted octanol–water partition coefficient (Wildman–Crippen LogP) is 3.87. The highest BCUT2D eigenvalue weighted by molar-refractivity contribution is 7.92. The molecule has 5 rings (SSSR count). The standard InChI is InChI=1S/C28H27N5O4S2.ClH/c1-31-21-30-17-26(31)20-38(34,35)33-19-25(15-24-14-23(16-29)12-13-28(24)33)32(18-22-8-4-2-5-9-22)39(36,37)27-10-6-3-7-11-27;/h2-14,17,21,25H,15,18-20H2,1H3;1H. The van der Waals surface area contributed by atoms with Gasteiger partial charge in [-0.1, -0.05) is 48.5 Å². The van der Waals surface area contributed by atoms with Crippen LogP contribution in [-0.4, -0.2) is 43.3 Å². The van der Waals surface area contributed by atoms with Crippen LogP contribution in [0.3, 0.4) is 0 Å². The quantitative estimate of drug-likeness (QED) is 0.304. The van der Waals surface area contributed by atoms with E-state index in [-0.39, 0.29) is 42.6 Å². The lowest BCUT2D eigenvalue weighted by atomic mass is 9.97. The number of imidazole rings is 1. The van der Waals surface area contributed by atoms with Gasteiger partial charge in [0.15, 0.2) is 0 Å². The summed E-state index contributed by atoms with van der Waals surface area (Å²) in [5, 5.41) is 9.52. The molecule has 0 fully saturated rings. The van der Waals surface area contributed by atoms with Crippen molar-refractivity contribution in [3.8, 4) is 6.07 Å². The van der Waals surface area contributed by atoms with Crippen LogP contribution < -0.4 is 4.31 Å². The molecule has 2 heterocycles. The van der Waals surface area contributed by atoms with Gasteiger partial charge in [0, 0.05) is 25.8 Å². The van der Waals surface area contributed by atoms with Crippen LogP contribution in [0.4, 0.5) is 5.69 Å². The summed E-state index contributed by atoms with van der Waals surface area (Å²) < 4.78 is 60.0. The van der Waals surface area contributed by atoms with Crippen molar-refractivity contribution in [1.29, 1.82) is 5.26 Å². The average Bonchev–Trinajstić information content (AvgIpc) is 3.34. The number of halogens is 1. The van der Waals surface area contributed by atoms with Gasteiger partial charge in [0.2, 0.25) is 20.0 Å². The lowest BCUT2D eigenvalue weighted by Gasteiger charge is -2.40. The molecule has 0 saturated carbocycles. The maximum Gasteiger partial charge on any atom is 0.243 e. The van der Waals surface area contributed by atoms with Crippen LogP contribution >= 0.6 is 12.4 Å². The van der Waals surface area contributed by atoms with Gasteiger partial charge in [0.25, 0.3) is 0 Å². The smallest absolute Gasteiger partial charge is 0.243 e. The number of fused-ring (bicyclic) bond motifs is 1. The highest BCUT2D eigenvalue weighted by Gasteiger charge is 2.40. The first kappa shape index (κ1) is 29.3. The molecule has 40 heavy (non-hydrogen) atoms. The zero-order chi connectivity index (χ0) is 27.6. The van der Waals surface area contributed by atoms with E-state index in [4.69, 9.17) is 0 Å². The Bertz CT molecular complexity index is 1740. The zero-order valence-electron chi connectivity index (χ0n) is 21.7. The van der Waals surface area contributed by atoms with Gasteiger partial charge < -0.3 is 4.57 Å². The van der Waals surface area contributed by atoms with Crippen molar-refractivity contribution in [2.45, 2.75) is 29.7 Å². The highest BCUT2D eigenvalue weighted by Crippen LogP contribution is 2.35. The molecule has 9 nitrogen and oxygen atoms in total. The molecule has 0 aliphatic carbocycles. The summed E-state index contributed by atoms with van der Waals surface area (Å²) in [7, 11) is -6.23. The first-order valence-corrected chi connectivity index (χ1v) is 15.3. The van der Waals surface area contributed by atoms with Crippen LogP contribution in [0, 0.1) is 11.3 Å². The summed E-state index contributed by atoms with van der Waals surface area (Å²) in [6.45, 7) is -0.0103. The van der Waals surface area contributed by atoms with Crippen LogP contribution in [0.1, 0.15) is 22.4 Å². The molecule has 1 atom stereocenters. The average molecular weight is 598 g/mol. The Kier molecular flexibility index (Phi) is 8.65. The fourth-order valence-electron chi connectivity index (χ4n) is 4.82. The van der Waals surface area contributed by atoms with Crippen molar-refractivity contribution in [3.05, 3.63) is 114 Å².